The van der Waals surface area contributed by atoms with Gasteiger partial charge < -0.3 is 67.8 Å². The maximum absolute atomic E-state index is 16.0. The molecule has 13 rings (SSSR count). The van der Waals surface area contributed by atoms with Gasteiger partial charge in [-0.05, 0) is 25.7 Å². The second-order valence-electron chi connectivity index (χ2n) is 30.5. The van der Waals surface area contributed by atoms with Crippen LogP contribution in [-0.2, 0) is 21.0 Å². The molecule has 8 bridgehead atoms. The Morgan fingerprint density at radius 3 is 0.543 bits per heavy atom. The van der Waals surface area contributed by atoms with Crippen LogP contribution in [-0.4, -0.2) is 179 Å². The molecular formula is C84H60F36N8O9V. The topological polar surface area (TPSA) is 196 Å². The standard InChI is InChI=1S/C84H60F36N8O8.O.V/c1-5-29-129-53-37-17-9-10-18-38(37)54(130-30-6-2)46-45(53)61-121-62(46)123-64-48-50(58(42-22-14-12-20-40(42)56(48)132-32-8-4)134-34-26-70(87,88)74(95,96)78(103,104)82(112,113)114)66(125-64)127-68-52-51(59(135-35-27-71(89,90)75(97,98)79(105,106)83(115,116)117)43-23-15-16-24-44(43)60(52)136-36-28-72(91,92)76(99,100)80(107,108)84(118,119)120)67(128-68)126-65-49-47(63(122-61)124-65)55(131-31-7-3)39-19-11-13-21-41(39)57(49)133-33-25-69(85,86)73(93,94)77(101,102)81(109,110)111;;/h9-24H,5-8,25-36H2,1-4H3;;/q-2;;+2. The number of fused-ring (bicyclic) bond motifs is 24. The summed E-state index contributed by atoms with van der Waals surface area (Å²) in [5.74, 6) is -98.0. The number of nitrogens with zero attached hydrogens (tertiary/aromatic N) is 8. The Morgan fingerprint density at radius 2 is 0.377 bits per heavy atom. The zero-order valence-electron chi connectivity index (χ0n) is 69.9. The fourth-order valence-electron chi connectivity index (χ4n) is 14.5. The molecule has 54 heteroatoms. The van der Waals surface area contributed by atoms with Crippen molar-refractivity contribution >= 4 is 87.2 Å². The van der Waals surface area contributed by atoms with E-state index in [1.165, 1.54) is 50.2 Å². The van der Waals surface area contributed by atoms with Crippen LogP contribution in [0.15, 0.2) is 97.1 Å². The average Bonchev–Trinajstić information content (AvgIpc) is 1.55. The molecule has 3 aromatic heterocycles. The molecule has 0 spiro atoms. The van der Waals surface area contributed by atoms with Gasteiger partial charge in [-0.3, -0.25) is 0 Å². The molecule has 5 heterocycles. The zero-order chi connectivity index (χ0) is 102. The number of hydrogen-bond donors (Lipinski definition) is 0. The molecule has 0 saturated carbocycles. The van der Waals surface area contributed by atoms with Crippen molar-refractivity contribution in [3.05, 3.63) is 97.1 Å². The van der Waals surface area contributed by atoms with Crippen molar-refractivity contribution in [3.63, 3.8) is 0 Å². The molecule has 2 aliphatic rings. The van der Waals surface area contributed by atoms with E-state index in [0.717, 1.165) is 65.9 Å². The van der Waals surface area contributed by atoms with Crippen molar-refractivity contribution in [2.75, 3.05) is 52.9 Å². The molecule has 17 nitrogen and oxygen atoms in total. The van der Waals surface area contributed by atoms with E-state index in [-0.39, 0.29) is 82.7 Å². The van der Waals surface area contributed by atoms with Crippen LogP contribution in [0.25, 0.3) is 133 Å². The SMILES string of the molecule is CCCOc1c2c(c(OCCC(F)(F)C(F)(F)C(F)(F)C(F)(F)F)c3ccccc13)-c1nc-2nc2[n-]c(nc3nc(nc4[n-]c(n1)c1c(OCCC(F)(F)C(F)(F)C(F)(F)C(F)(F)F)c5ccccc5c(OCCC(F)(F)C(F)(F)C(F)(F)C(F)(F)F)c41)-c1c-3c(OCCC)c3ccccc3c1OCCC(F)(F)C(F)(F)C(F)(F)C(F)(F)F)c1c(OCCC)c3ccccc3c(OCCC)c21.[O]=[V+2]. The van der Waals surface area contributed by atoms with Gasteiger partial charge in [-0.15, -0.1) is 0 Å². The Labute approximate surface area is 757 Å². The number of hydrogen-bond acceptors (Lipinski definition) is 15. The molecule has 0 N–H and O–H groups in total. The van der Waals surface area contributed by atoms with Crippen molar-refractivity contribution in [1.29, 1.82) is 0 Å². The Bertz CT molecular complexity index is 6240. The first-order valence-electron chi connectivity index (χ1n) is 40.1. The van der Waals surface area contributed by atoms with Crippen LogP contribution >= 0.6 is 0 Å². The van der Waals surface area contributed by atoms with Crippen LogP contribution in [0.1, 0.15) is 79.1 Å². The van der Waals surface area contributed by atoms with Crippen molar-refractivity contribution < 1.29 is 217 Å². The first-order valence-corrected chi connectivity index (χ1v) is 40.6. The summed E-state index contributed by atoms with van der Waals surface area (Å²) < 4.78 is 590. The molecule has 747 valence electrons. The molecule has 0 amide bonds. The van der Waals surface area contributed by atoms with Crippen molar-refractivity contribution in [2.24, 2.45) is 0 Å². The molecule has 0 radical (unpaired) electrons. The second-order valence-corrected chi connectivity index (χ2v) is 30.5. The molecule has 2 aliphatic heterocycles. The molecule has 0 atom stereocenters. The van der Waals surface area contributed by atoms with E-state index in [1.54, 1.807) is 13.8 Å². The van der Waals surface area contributed by atoms with E-state index >= 15 is 70.2 Å². The predicted molar refractivity (Wildman–Crippen MR) is 412 cm³/mol. The third-order valence-corrected chi connectivity index (χ3v) is 21.3. The number of aromatic nitrogens is 8. The summed E-state index contributed by atoms with van der Waals surface area (Å²) in [6.07, 6.45) is -41.6. The van der Waals surface area contributed by atoms with E-state index in [4.69, 9.17) is 56.5 Å². The molecule has 0 aliphatic carbocycles. The monoisotopic (exact) mass is 2060 g/mol. The third kappa shape index (κ3) is 17.6. The molecule has 0 unspecified atom stereocenters. The van der Waals surface area contributed by atoms with E-state index < -0.39 is 296 Å². The van der Waals surface area contributed by atoms with Gasteiger partial charge in [0.15, 0.2) is 0 Å². The van der Waals surface area contributed by atoms with Crippen LogP contribution in [0.2, 0.25) is 0 Å². The molecule has 0 fully saturated rings. The summed E-state index contributed by atoms with van der Waals surface area (Å²) in [6, 6.07) is 17.6. The normalized spacial score (nSPS) is 13.9. The number of ether oxygens (including phenoxy) is 8. The van der Waals surface area contributed by atoms with Gasteiger partial charge >= 0.3 is 117 Å². The summed E-state index contributed by atoms with van der Waals surface area (Å²) in [5, 5.41) is -7.20. The Kier molecular flexibility index (Phi) is 28.4. The number of alkyl halides is 36. The maximum atomic E-state index is 16.0. The average molecular weight is 2060 g/mol. The molecule has 138 heavy (non-hydrogen) atoms. The number of benzene rings is 8. The van der Waals surface area contributed by atoms with E-state index in [9.17, 15) is 87.8 Å². The van der Waals surface area contributed by atoms with Crippen LogP contribution in [0.3, 0.4) is 0 Å². The van der Waals surface area contributed by atoms with Crippen LogP contribution < -0.4 is 47.9 Å². The Balaban J connectivity index is 0.00000848. The van der Waals surface area contributed by atoms with Gasteiger partial charge in [-0.25, -0.2) is 9.97 Å². The van der Waals surface area contributed by atoms with Gasteiger partial charge in [0, 0.05) is 87.2 Å². The third-order valence-electron chi connectivity index (χ3n) is 21.3. The second kappa shape index (κ2) is 37.2. The minimum absolute atomic E-state index is 0.0446. The van der Waals surface area contributed by atoms with Crippen molar-refractivity contribution in [2.45, 2.75) is 175 Å². The van der Waals surface area contributed by atoms with E-state index in [2.05, 4.69) is 24.9 Å². The minimum atomic E-state index is -7.67. The fourth-order valence-corrected chi connectivity index (χ4v) is 14.5. The van der Waals surface area contributed by atoms with Gasteiger partial charge in [-0.2, -0.15) is 158 Å². The summed E-state index contributed by atoms with van der Waals surface area (Å²) in [5.41, 5.74) is -8.08. The Hall–Kier alpha value is -11.6. The number of rotatable bonds is 36. The molecular weight excluding hydrogens is 2000 g/mol. The number of halogens is 36. The van der Waals surface area contributed by atoms with Gasteiger partial charge in [-0.1, -0.05) is 125 Å². The van der Waals surface area contributed by atoms with Crippen LogP contribution in [0.5, 0.6) is 46.0 Å². The van der Waals surface area contributed by atoms with Gasteiger partial charge in [0.25, 0.3) is 0 Å². The van der Waals surface area contributed by atoms with Crippen molar-refractivity contribution in [1.82, 2.24) is 39.9 Å². The summed E-state index contributed by atoms with van der Waals surface area (Å²) >= 11 is 1.06. The summed E-state index contributed by atoms with van der Waals surface area (Å²) in [7, 11) is 0. The summed E-state index contributed by atoms with van der Waals surface area (Å²) in [6.45, 7) is -4.40. The van der Waals surface area contributed by atoms with Gasteiger partial charge in [0.2, 0.25) is 0 Å². The van der Waals surface area contributed by atoms with Gasteiger partial charge in [0.1, 0.15) is 46.0 Å². The van der Waals surface area contributed by atoms with Crippen molar-refractivity contribution in [3.8, 4) is 91.5 Å². The predicted octanol–water partition coefficient (Wildman–Crippen LogP) is 26.7. The molecule has 8 aromatic carbocycles. The first-order chi connectivity index (χ1) is 64.0. The van der Waals surface area contributed by atoms with E-state index in [0.29, 0.717) is 12.1 Å². The van der Waals surface area contributed by atoms with Gasteiger partial charge in [0.05, 0.1) is 124 Å². The quantitative estimate of drug-likeness (QED) is 0.0336. The first kappa shape index (κ1) is 105. The molecule has 11 aromatic rings. The Morgan fingerprint density at radius 1 is 0.225 bits per heavy atom. The molecule has 0 saturated heterocycles. The van der Waals surface area contributed by atoms with Crippen LogP contribution in [0, 0.1) is 0 Å². The zero-order valence-corrected chi connectivity index (χ0v) is 71.3. The van der Waals surface area contributed by atoms with Crippen LogP contribution in [0.4, 0.5) is 158 Å². The summed E-state index contributed by atoms with van der Waals surface area (Å²) in [4.78, 5) is 37.3. The van der Waals surface area contributed by atoms with E-state index in [1.807, 2.05) is 0 Å². The fraction of sp³-hybridized carbons (Fsp3) is 0.429.